The number of halogens is 1. The van der Waals surface area contributed by atoms with E-state index in [1.807, 2.05) is 0 Å². The number of sulfonamides is 1. The summed E-state index contributed by atoms with van der Waals surface area (Å²) in [6.07, 6.45) is 4.50. The quantitative estimate of drug-likeness (QED) is 0.606. The van der Waals surface area contributed by atoms with Crippen LogP contribution < -0.4 is 4.72 Å². The Bertz CT molecular complexity index is 476. The molecule has 1 rings (SSSR count). The van der Waals surface area contributed by atoms with Gasteiger partial charge in [-0.1, -0.05) is 18.2 Å². The second-order valence-corrected chi connectivity index (χ2v) is 5.24. The molecule has 0 aromatic carbocycles. The summed E-state index contributed by atoms with van der Waals surface area (Å²) < 4.78 is 30.9. The standard InChI is InChI=1S/C10H13ClN2O3S/c1-2-16-7-3-5-13-17(14,15)10-8-12-6-4-9(10)11/h2,4,6,8,13H,1,3,5,7H2. The van der Waals surface area contributed by atoms with Crippen LogP contribution in [0.4, 0.5) is 0 Å². The fourth-order valence-corrected chi connectivity index (χ4v) is 2.59. The van der Waals surface area contributed by atoms with E-state index >= 15 is 0 Å². The van der Waals surface area contributed by atoms with Crippen LogP contribution in [0.5, 0.6) is 0 Å². The molecule has 0 unspecified atom stereocenters. The third kappa shape index (κ3) is 4.33. The Hall–Kier alpha value is -1.11. The lowest BCUT2D eigenvalue weighted by Crippen LogP contribution is -2.25. The fraction of sp³-hybridized carbons (Fsp3) is 0.300. The number of pyridine rings is 1. The van der Waals surface area contributed by atoms with Crippen LogP contribution in [0.15, 0.2) is 36.2 Å². The summed E-state index contributed by atoms with van der Waals surface area (Å²) in [4.78, 5) is 3.71. The van der Waals surface area contributed by atoms with Crippen LogP contribution in [0.25, 0.3) is 0 Å². The molecule has 1 aromatic rings. The summed E-state index contributed by atoms with van der Waals surface area (Å²) in [6.45, 7) is 4.05. The van der Waals surface area contributed by atoms with Crippen molar-refractivity contribution in [3.8, 4) is 0 Å². The molecule has 0 radical (unpaired) electrons. The molecule has 0 saturated carbocycles. The third-order valence-electron chi connectivity index (χ3n) is 1.87. The van der Waals surface area contributed by atoms with E-state index in [0.29, 0.717) is 13.0 Å². The van der Waals surface area contributed by atoms with Gasteiger partial charge in [-0.3, -0.25) is 4.98 Å². The van der Waals surface area contributed by atoms with E-state index in [1.54, 1.807) is 0 Å². The summed E-state index contributed by atoms with van der Waals surface area (Å²) in [5.41, 5.74) is 0. The van der Waals surface area contributed by atoms with Crippen molar-refractivity contribution in [1.29, 1.82) is 0 Å². The first-order valence-corrected chi connectivity index (χ1v) is 6.75. The Kier molecular flexibility index (Phi) is 5.40. The molecule has 0 aliphatic carbocycles. The Labute approximate surface area is 106 Å². The van der Waals surface area contributed by atoms with E-state index < -0.39 is 10.0 Å². The first-order chi connectivity index (χ1) is 8.08. The number of hydrogen-bond acceptors (Lipinski definition) is 4. The van der Waals surface area contributed by atoms with Crippen LogP contribution in [0, 0.1) is 0 Å². The van der Waals surface area contributed by atoms with Gasteiger partial charge in [0.1, 0.15) is 4.90 Å². The van der Waals surface area contributed by atoms with Gasteiger partial charge in [0.25, 0.3) is 0 Å². The Morgan fingerprint density at radius 1 is 1.59 bits per heavy atom. The lowest BCUT2D eigenvalue weighted by Gasteiger charge is -2.07. The maximum atomic E-state index is 11.8. The van der Waals surface area contributed by atoms with Gasteiger partial charge < -0.3 is 4.74 Å². The zero-order valence-electron chi connectivity index (χ0n) is 9.10. The number of hydrogen-bond donors (Lipinski definition) is 1. The maximum absolute atomic E-state index is 11.8. The van der Waals surface area contributed by atoms with Crippen LogP contribution in [-0.4, -0.2) is 26.6 Å². The van der Waals surface area contributed by atoms with Gasteiger partial charge in [-0.2, -0.15) is 0 Å². The highest BCUT2D eigenvalue weighted by Gasteiger charge is 2.16. The van der Waals surface area contributed by atoms with E-state index in [0.717, 1.165) is 0 Å². The van der Waals surface area contributed by atoms with E-state index in [1.165, 1.54) is 24.7 Å². The van der Waals surface area contributed by atoms with Crippen LogP contribution in [0.2, 0.25) is 5.02 Å². The normalized spacial score (nSPS) is 11.1. The molecular formula is C10H13ClN2O3S. The molecule has 0 saturated heterocycles. The molecule has 1 N–H and O–H groups in total. The SMILES string of the molecule is C=COCCCNS(=O)(=O)c1cnccc1Cl. The molecule has 0 atom stereocenters. The van der Waals surface area contributed by atoms with Crippen molar-refractivity contribution in [2.24, 2.45) is 0 Å². The summed E-state index contributed by atoms with van der Waals surface area (Å²) in [5, 5.41) is 0.148. The first kappa shape index (κ1) is 14.0. The molecule has 0 amide bonds. The molecule has 1 heterocycles. The van der Waals surface area contributed by atoms with Gasteiger partial charge in [0, 0.05) is 18.9 Å². The largest absolute Gasteiger partial charge is 0.502 e. The van der Waals surface area contributed by atoms with Gasteiger partial charge in [0.15, 0.2) is 0 Å². The molecule has 17 heavy (non-hydrogen) atoms. The number of rotatable bonds is 7. The second kappa shape index (κ2) is 6.58. The molecule has 0 bridgehead atoms. The number of ether oxygens (including phenoxy) is 1. The van der Waals surface area contributed by atoms with Crippen LogP contribution >= 0.6 is 11.6 Å². The average molecular weight is 277 g/mol. The predicted molar refractivity (Wildman–Crippen MR) is 65.2 cm³/mol. The van der Waals surface area contributed by atoms with Crippen LogP contribution in [0.3, 0.4) is 0 Å². The number of nitrogens with zero attached hydrogens (tertiary/aromatic N) is 1. The van der Waals surface area contributed by atoms with E-state index in [-0.39, 0.29) is 16.5 Å². The molecule has 1 aromatic heterocycles. The zero-order chi connectivity index (χ0) is 12.7. The molecule has 94 valence electrons. The molecule has 7 heteroatoms. The van der Waals surface area contributed by atoms with Crippen molar-refractivity contribution in [2.45, 2.75) is 11.3 Å². The van der Waals surface area contributed by atoms with Gasteiger partial charge in [-0.15, -0.1) is 0 Å². The molecule has 0 fully saturated rings. The van der Waals surface area contributed by atoms with Crippen molar-refractivity contribution < 1.29 is 13.2 Å². The Morgan fingerprint density at radius 2 is 2.35 bits per heavy atom. The van der Waals surface area contributed by atoms with Crippen molar-refractivity contribution in [2.75, 3.05) is 13.2 Å². The minimum Gasteiger partial charge on any atom is -0.502 e. The lowest BCUT2D eigenvalue weighted by atomic mass is 10.5. The summed E-state index contributed by atoms with van der Waals surface area (Å²) in [7, 11) is -3.60. The average Bonchev–Trinajstić information content (AvgIpc) is 2.29. The first-order valence-electron chi connectivity index (χ1n) is 4.89. The number of nitrogens with one attached hydrogen (secondary N) is 1. The van der Waals surface area contributed by atoms with E-state index in [4.69, 9.17) is 16.3 Å². The van der Waals surface area contributed by atoms with Gasteiger partial charge in [-0.25, -0.2) is 13.1 Å². The maximum Gasteiger partial charge on any atom is 0.243 e. The number of aromatic nitrogens is 1. The van der Waals surface area contributed by atoms with Crippen LogP contribution in [-0.2, 0) is 14.8 Å². The molecule has 0 aliphatic rings. The molecular weight excluding hydrogens is 264 g/mol. The smallest absolute Gasteiger partial charge is 0.243 e. The van der Waals surface area contributed by atoms with Crippen molar-refractivity contribution in [3.05, 3.63) is 36.3 Å². The van der Waals surface area contributed by atoms with Crippen LogP contribution in [0.1, 0.15) is 6.42 Å². The Morgan fingerprint density at radius 3 is 3.00 bits per heavy atom. The van der Waals surface area contributed by atoms with Crippen molar-refractivity contribution in [1.82, 2.24) is 9.71 Å². The minimum absolute atomic E-state index is 0.0219. The van der Waals surface area contributed by atoms with Gasteiger partial charge in [0.05, 0.1) is 17.9 Å². The van der Waals surface area contributed by atoms with Gasteiger partial charge >= 0.3 is 0 Å². The highest BCUT2D eigenvalue weighted by Crippen LogP contribution is 2.18. The molecule has 0 spiro atoms. The summed E-state index contributed by atoms with van der Waals surface area (Å²) in [6, 6.07) is 1.43. The molecule has 5 nitrogen and oxygen atoms in total. The molecule has 0 aliphatic heterocycles. The zero-order valence-corrected chi connectivity index (χ0v) is 10.7. The van der Waals surface area contributed by atoms with Crippen molar-refractivity contribution >= 4 is 21.6 Å². The second-order valence-electron chi connectivity index (χ2n) is 3.09. The van der Waals surface area contributed by atoms with E-state index in [9.17, 15) is 8.42 Å². The Balaban J connectivity index is 2.58. The van der Waals surface area contributed by atoms with Gasteiger partial charge in [-0.05, 0) is 12.5 Å². The highest BCUT2D eigenvalue weighted by molar-refractivity contribution is 7.89. The van der Waals surface area contributed by atoms with Crippen molar-refractivity contribution in [3.63, 3.8) is 0 Å². The lowest BCUT2D eigenvalue weighted by molar-refractivity contribution is 0.247. The third-order valence-corrected chi connectivity index (χ3v) is 3.80. The van der Waals surface area contributed by atoms with E-state index in [2.05, 4.69) is 16.3 Å². The predicted octanol–water partition coefficient (Wildman–Crippen LogP) is 1.56. The topological polar surface area (TPSA) is 68.3 Å². The fourth-order valence-electron chi connectivity index (χ4n) is 1.08. The highest BCUT2D eigenvalue weighted by atomic mass is 35.5. The summed E-state index contributed by atoms with van der Waals surface area (Å²) >= 11 is 5.77. The minimum atomic E-state index is -3.60. The monoisotopic (exact) mass is 276 g/mol. The van der Waals surface area contributed by atoms with Gasteiger partial charge in [0.2, 0.25) is 10.0 Å². The summed E-state index contributed by atoms with van der Waals surface area (Å²) in [5.74, 6) is 0.